The molecule has 0 atom stereocenters. The van der Waals surface area contributed by atoms with E-state index in [0.717, 1.165) is 24.8 Å². The Morgan fingerprint density at radius 1 is 1.17 bits per heavy atom. The van der Waals surface area contributed by atoms with Crippen LogP contribution in [0.25, 0.3) is 0 Å². The Labute approximate surface area is 138 Å². The number of amides is 1. The minimum absolute atomic E-state index is 0.162. The van der Waals surface area contributed by atoms with Crippen molar-refractivity contribution in [3.63, 3.8) is 0 Å². The molecule has 0 aromatic heterocycles. The molecule has 0 saturated heterocycles. The molecule has 0 saturated carbocycles. The van der Waals surface area contributed by atoms with Crippen molar-refractivity contribution >= 4 is 15.9 Å². The summed E-state index contributed by atoms with van der Waals surface area (Å²) in [6, 6.07) is 3.23. The highest BCUT2D eigenvalue weighted by atomic mass is 32.2. The van der Waals surface area contributed by atoms with Crippen LogP contribution in [0.1, 0.15) is 37.3 Å². The third kappa shape index (κ3) is 5.84. The van der Waals surface area contributed by atoms with Crippen molar-refractivity contribution < 1.29 is 17.9 Å². The molecule has 130 valence electrons. The van der Waals surface area contributed by atoms with Crippen molar-refractivity contribution in [1.82, 2.24) is 10.0 Å². The summed E-state index contributed by atoms with van der Waals surface area (Å²) in [5.41, 5.74) is 1.30. The van der Waals surface area contributed by atoms with Gasteiger partial charge in [0.05, 0.1) is 18.6 Å². The monoisotopic (exact) mass is 342 g/mol. The molecule has 0 unspecified atom stereocenters. The zero-order chi connectivity index (χ0) is 17.5. The van der Waals surface area contributed by atoms with Crippen LogP contribution in [0, 0.1) is 13.8 Å². The molecule has 0 radical (unpaired) electrons. The van der Waals surface area contributed by atoms with Crippen molar-refractivity contribution in [3.8, 4) is 5.75 Å². The fourth-order valence-electron chi connectivity index (χ4n) is 2.18. The summed E-state index contributed by atoms with van der Waals surface area (Å²) < 4.78 is 32.2. The number of hydrogen-bond acceptors (Lipinski definition) is 4. The van der Waals surface area contributed by atoms with Gasteiger partial charge in [-0.25, -0.2) is 13.1 Å². The molecule has 1 aromatic rings. The lowest BCUT2D eigenvalue weighted by molar-refractivity contribution is -0.119. The molecule has 0 heterocycles. The molecule has 1 amide bonds. The number of carbonyl (C=O) groups excluding carboxylic acids is 1. The van der Waals surface area contributed by atoms with Gasteiger partial charge >= 0.3 is 0 Å². The second kappa shape index (κ2) is 8.88. The molecule has 0 bridgehead atoms. The van der Waals surface area contributed by atoms with Crippen LogP contribution in [-0.4, -0.2) is 34.5 Å². The topological polar surface area (TPSA) is 84.5 Å². The maximum atomic E-state index is 12.4. The molecule has 0 aliphatic rings. The number of ether oxygens (including phenoxy) is 1. The van der Waals surface area contributed by atoms with E-state index < -0.39 is 10.0 Å². The number of methoxy groups -OCH3 is 1. The van der Waals surface area contributed by atoms with Crippen molar-refractivity contribution in [1.29, 1.82) is 0 Å². The SMILES string of the molecule is CCCCCNC(=O)CNS(=O)(=O)c1cc(C)c(OC)cc1C. The number of rotatable bonds is 9. The van der Waals surface area contributed by atoms with Gasteiger partial charge in [0.15, 0.2) is 0 Å². The van der Waals surface area contributed by atoms with Gasteiger partial charge in [-0.2, -0.15) is 0 Å². The number of aryl methyl sites for hydroxylation is 2. The molecular weight excluding hydrogens is 316 g/mol. The summed E-state index contributed by atoms with van der Waals surface area (Å²) in [5, 5.41) is 2.70. The highest BCUT2D eigenvalue weighted by molar-refractivity contribution is 7.89. The van der Waals surface area contributed by atoms with Gasteiger partial charge < -0.3 is 10.1 Å². The smallest absolute Gasteiger partial charge is 0.241 e. The summed E-state index contributed by atoms with van der Waals surface area (Å²) in [6.07, 6.45) is 3.00. The Morgan fingerprint density at radius 2 is 1.87 bits per heavy atom. The van der Waals surface area contributed by atoms with E-state index in [0.29, 0.717) is 17.9 Å². The number of hydrogen-bond donors (Lipinski definition) is 2. The molecule has 2 N–H and O–H groups in total. The Balaban J connectivity index is 2.69. The van der Waals surface area contributed by atoms with E-state index >= 15 is 0 Å². The zero-order valence-corrected chi connectivity index (χ0v) is 15.0. The Hall–Kier alpha value is -1.60. The molecule has 1 aromatic carbocycles. The lowest BCUT2D eigenvalue weighted by Gasteiger charge is -2.13. The Bertz CT molecular complexity index is 642. The first-order chi connectivity index (χ1) is 10.8. The lowest BCUT2D eigenvalue weighted by Crippen LogP contribution is -2.37. The maximum absolute atomic E-state index is 12.4. The minimum atomic E-state index is -3.74. The normalized spacial score (nSPS) is 11.3. The van der Waals surface area contributed by atoms with E-state index in [2.05, 4.69) is 17.0 Å². The van der Waals surface area contributed by atoms with Gasteiger partial charge in [0, 0.05) is 6.54 Å². The van der Waals surface area contributed by atoms with E-state index in [1.54, 1.807) is 26.0 Å². The molecule has 7 heteroatoms. The quantitative estimate of drug-likeness (QED) is 0.671. The Morgan fingerprint density at radius 3 is 2.48 bits per heavy atom. The van der Waals surface area contributed by atoms with Crippen LogP contribution in [0.15, 0.2) is 17.0 Å². The van der Waals surface area contributed by atoms with Gasteiger partial charge in [-0.1, -0.05) is 19.8 Å². The molecule has 0 aliphatic carbocycles. The molecule has 6 nitrogen and oxygen atoms in total. The van der Waals surface area contributed by atoms with Crippen molar-refractivity contribution in [2.24, 2.45) is 0 Å². The summed E-state index contributed by atoms with van der Waals surface area (Å²) >= 11 is 0. The first kappa shape index (κ1) is 19.4. The van der Waals surface area contributed by atoms with Crippen LogP contribution in [-0.2, 0) is 14.8 Å². The van der Waals surface area contributed by atoms with Crippen LogP contribution in [0.5, 0.6) is 5.75 Å². The maximum Gasteiger partial charge on any atom is 0.241 e. The van der Waals surface area contributed by atoms with Crippen molar-refractivity contribution in [3.05, 3.63) is 23.3 Å². The molecular formula is C16H26N2O4S. The van der Waals surface area contributed by atoms with E-state index in [1.165, 1.54) is 7.11 Å². The predicted molar refractivity (Wildman–Crippen MR) is 90.2 cm³/mol. The number of sulfonamides is 1. The van der Waals surface area contributed by atoms with Gasteiger partial charge in [-0.3, -0.25) is 4.79 Å². The second-order valence-corrected chi connectivity index (χ2v) is 7.20. The summed E-state index contributed by atoms with van der Waals surface area (Å²) in [4.78, 5) is 11.8. The van der Waals surface area contributed by atoms with Crippen LogP contribution < -0.4 is 14.8 Å². The molecule has 0 fully saturated rings. The summed E-state index contributed by atoms with van der Waals surface area (Å²) in [7, 11) is -2.20. The summed E-state index contributed by atoms with van der Waals surface area (Å²) in [5.74, 6) is 0.308. The van der Waals surface area contributed by atoms with Gasteiger partial charge in [0.2, 0.25) is 15.9 Å². The third-order valence-electron chi connectivity index (χ3n) is 3.51. The highest BCUT2D eigenvalue weighted by Crippen LogP contribution is 2.25. The third-order valence-corrected chi connectivity index (χ3v) is 5.05. The first-order valence-electron chi connectivity index (χ1n) is 7.73. The van der Waals surface area contributed by atoms with Crippen LogP contribution in [0.3, 0.4) is 0 Å². The molecule has 0 aliphatic heterocycles. The van der Waals surface area contributed by atoms with E-state index in [1.807, 2.05) is 0 Å². The lowest BCUT2D eigenvalue weighted by atomic mass is 10.1. The standard InChI is InChI=1S/C16H26N2O4S/c1-5-6-7-8-17-16(19)11-18-23(20,21)15-10-12(2)14(22-4)9-13(15)3/h9-10,18H,5-8,11H2,1-4H3,(H,17,19). The molecule has 1 rings (SSSR count). The van der Waals surface area contributed by atoms with Gasteiger partial charge in [-0.15, -0.1) is 0 Å². The molecule has 23 heavy (non-hydrogen) atoms. The van der Waals surface area contributed by atoms with Gasteiger partial charge in [-0.05, 0) is 43.5 Å². The van der Waals surface area contributed by atoms with Crippen molar-refractivity contribution in [2.45, 2.75) is 44.9 Å². The van der Waals surface area contributed by atoms with E-state index in [-0.39, 0.29) is 17.3 Å². The van der Waals surface area contributed by atoms with Gasteiger partial charge in [0.1, 0.15) is 5.75 Å². The van der Waals surface area contributed by atoms with Crippen LogP contribution >= 0.6 is 0 Å². The summed E-state index contributed by atoms with van der Waals surface area (Å²) in [6.45, 7) is 5.85. The average molecular weight is 342 g/mol. The van der Waals surface area contributed by atoms with E-state index in [4.69, 9.17) is 4.74 Å². The van der Waals surface area contributed by atoms with Crippen LogP contribution in [0.2, 0.25) is 0 Å². The number of benzene rings is 1. The number of carbonyl (C=O) groups is 1. The van der Waals surface area contributed by atoms with E-state index in [9.17, 15) is 13.2 Å². The largest absolute Gasteiger partial charge is 0.496 e. The minimum Gasteiger partial charge on any atom is -0.496 e. The average Bonchev–Trinajstić information content (AvgIpc) is 2.51. The molecule has 0 spiro atoms. The second-order valence-electron chi connectivity index (χ2n) is 5.47. The highest BCUT2D eigenvalue weighted by Gasteiger charge is 2.19. The number of nitrogens with one attached hydrogen (secondary N) is 2. The van der Waals surface area contributed by atoms with Gasteiger partial charge in [0.25, 0.3) is 0 Å². The Kier molecular flexibility index (Phi) is 7.51. The predicted octanol–water partition coefficient (Wildman–Crippen LogP) is 1.90. The fourth-order valence-corrected chi connectivity index (χ4v) is 3.47. The van der Waals surface area contributed by atoms with Crippen LogP contribution in [0.4, 0.5) is 0 Å². The van der Waals surface area contributed by atoms with Crippen molar-refractivity contribution in [2.75, 3.05) is 20.2 Å². The zero-order valence-electron chi connectivity index (χ0n) is 14.2. The fraction of sp³-hybridized carbons (Fsp3) is 0.562. The first-order valence-corrected chi connectivity index (χ1v) is 9.21. The number of unbranched alkanes of at least 4 members (excludes halogenated alkanes) is 2.